The number of carbonyl (C=O) groups excluding carboxylic acids is 1. The summed E-state index contributed by atoms with van der Waals surface area (Å²) in [4.78, 5) is 12.3. The second-order valence-corrected chi connectivity index (χ2v) is 5.51. The monoisotopic (exact) mass is 350 g/mol. The fourth-order valence-electron chi connectivity index (χ4n) is 2.87. The number of amides is 1. The number of halogens is 2. The summed E-state index contributed by atoms with van der Waals surface area (Å²) in [6.45, 7) is 1.37. The van der Waals surface area contributed by atoms with Gasteiger partial charge in [-0.15, -0.1) is 12.4 Å². The number of benzene rings is 2. The van der Waals surface area contributed by atoms with E-state index in [1.165, 1.54) is 36.4 Å². The molecule has 1 amide bonds. The van der Waals surface area contributed by atoms with E-state index in [1.54, 1.807) is 0 Å². The van der Waals surface area contributed by atoms with Crippen LogP contribution in [0, 0.1) is 5.82 Å². The van der Waals surface area contributed by atoms with Crippen LogP contribution in [0.15, 0.2) is 42.5 Å². The molecule has 1 aliphatic rings. The Morgan fingerprint density at radius 2 is 2.12 bits per heavy atom. The first-order chi connectivity index (χ1) is 11.2. The van der Waals surface area contributed by atoms with Crippen molar-refractivity contribution in [3.8, 4) is 5.75 Å². The summed E-state index contributed by atoms with van der Waals surface area (Å²) in [5.74, 6) is -0.654. The summed E-state index contributed by atoms with van der Waals surface area (Å²) in [6.07, 6.45) is 0.996. The van der Waals surface area contributed by atoms with Crippen LogP contribution in [0.3, 0.4) is 0 Å². The number of methoxy groups -OCH3 is 1. The molecular weight excluding hydrogens is 331 g/mol. The Morgan fingerprint density at radius 3 is 2.92 bits per heavy atom. The zero-order valence-corrected chi connectivity index (χ0v) is 14.2. The fraction of sp³-hybridized carbons (Fsp3) is 0.278. The van der Waals surface area contributed by atoms with Crippen LogP contribution in [-0.4, -0.2) is 26.1 Å². The van der Waals surface area contributed by atoms with Crippen molar-refractivity contribution in [1.82, 2.24) is 10.6 Å². The first kappa shape index (κ1) is 18.2. The van der Waals surface area contributed by atoms with E-state index in [2.05, 4.69) is 22.8 Å². The van der Waals surface area contributed by atoms with Crippen molar-refractivity contribution < 1.29 is 13.9 Å². The van der Waals surface area contributed by atoms with Crippen LogP contribution in [-0.2, 0) is 6.42 Å². The number of carbonyl (C=O) groups is 1. The molecule has 0 spiro atoms. The highest BCUT2D eigenvalue weighted by atomic mass is 35.5. The quantitative estimate of drug-likeness (QED) is 0.891. The Hall–Kier alpha value is -2.11. The summed E-state index contributed by atoms with van der Waals surface area (Å²) in [7, 11) is 1.38. The minimum absolute atomic E-state index is 0. The Balaban J connectivity index is 0.00000208. The van der Waals surface area contributed by atoms with Gasteiger partial charge >= 0.3 is 0 Å². The summed E-state index contributed by atoms with van der Waals surface area (Å²) in [6, 6.07) is 12.4. The lowest BCUT2D eigenvalue weighted by Crippen LogP contribution is -2.38. The summed E-state index contributed by atoms with van der Waals surface area (Å²) < 4.78 is 18.3. The Bertz CT molecular complexity index is 724. The van der Waals surface area contributed by atoms with E-state index >= 15 is 0 Å². The molecule has 4 nitrogen and oxygen atoms in total. The molecule has 0 radical (unpaired) electrons. The SMILES string of the molecule is COc1cc(C(=O)NCC2NCCc3ccccc32)ccc1F.Cl. The van der Waals surface area contributed by atoms with E-state index in [0.29, 0.717) is 12.1 Å². The first-order valence-electron chi connectivity index (χ1n) is 7.62. The lowest BCUT2D eigenvalue weighted by atomic mass is 9.94. The van der Waals surface area contributed by atoms with Crippen molar-refractivity contribution in [3.63, 3.8) is 0 Å². The standard InChI is InChI=1S/C18H19FN2O2.ClH/c1-23-17-10-13(6-7-15(17)19)18(22)21-11-16-14-5-3-2-4-12(14)8-9-20-16;/h2-7,10,16,20H,8-9,11H2,1H3,(H,21,22);1H. The molecule has 1 unspecified atom stereocenters. The van der Waals surface area contributed by atoms with Crippen LogP contribution in [0.4, 0.5) is 4.39 Å². The molecule has 0 aromatic heterocycles. The third-order valence-electron chi connectivity index (χ3n) is 4.10. The normalized spacial score (nSPS) is 15.8. The van der Waals surface area contributed by atoms with Crippen LogP contribution in [0.2, 0.25) is 0 Å². The highest BCUT2D eigenvalue weighted by Crippen LogP contribution is 2.22. The largest absolute Gasteiger partial charge is 0.494 e. The lowest BCUT2D eigenvalue weighted by molar-refractivity contribution is 0.0948. The molecule has 3 rings (SSSR count). The maximum absolute atomic E-state index is 13.4. The van der Waals surface area contributed by atoms with Gasteiger partial charge in [-0.2, -0.15) is 0 Å². The first-order valence-corrected chi connectivity index (χ1v) is 7.62. The van der Waals surface area contributed by atoms with Gasteiger partial charge in [0.25, 0.3) is 5.91 Å². The zero-order chi connectivity index (χ0) is 16.2. The summed E-state index contributed by atoms with van der Waals surface area (Å²) >= 11 is 0. The topological polar surface area (TPSA) is 50.4 Å². The molecule has 2 aromatic rings. The number of ether oxygens (including phenoxy) is 1. The van der Waals surface area contributed by atoms with Gasteiger partial charge in [0.2, 0.25) is 0 Å². The van der Waals surface area contributed by atoms with Crippen molar-refractivity contribution in [2.45, 2.75) is 12.5 Å². The second-order valence-electron chi connectivity index (χ2n) is 5.51. The lowest BCUT2D eigenvalue weighted by Gasteiger charge is -2.27. The van der Waals surface area contributed by atoms with Gasteiger partial charge in [0, 0.05) is 18.2 Å². The van der Waals surface area contributed by atoms with Crippen molar-refractivity contribution in [1.29, 1.82) is 0 Å². The highest BCUT2D eigenvalue weighted by Gasteiger charge is 2.20. The van der Waals surface area contributed by atoms with E-state index in [9.17, 15) is 9.18 Å². The van der Waals surface area contributed by atoms with E-state index in [-0.39, 0.29) is 30.1 Å². The molecule has 2 N–H and O–H groups in total. The van der Waals surface area contributed by atoms with Gasteiger partial charge in [0.1, 0.15) is 0 Å². The van der Waals surface area contributed by atoms with Crippen LogP contribution in [0.25, 0.3) is 0 Å². The molecule has 0 aliphatic carbocycles. The van der Waals surface area contributed by atoms with Gasteiger partial charge in [-0.05, 0) is 42.3 Å². The average Bonchev–Trinajstić information content (AvgIpc) is 2.60. The van der Waals surface area contributed by atoms with Gasteiger partial charge in [0.05, 0.1) is 7.11 Å². The smallest absolute Gasteiger partial charge is 0.251 e. The van der Waals surface area contributed by atoms with Gasteiger partial charge in [-0.1, -0.05) is 24.3 Å². The molecule has 2 aromatic carbocycles. The average molecular weight is 351 g/mol. The van der Waals surface area contributed by atoms with Crippen LogP contribution >= 0.6 is 12.4 Å². The van der Waals surface area contributed by atoms with Gasteiger partial charge in [-0.25, -0.2) is 4.39 Å². The predicted molar refractivity (Wildman–Crippen MR) is 93.4 cm³/mol. The van der Waals surface area contributed by atoms with E-state index in [1.807, 2.05) is 12.1 Å². The Kier molecular flexibility index (Phi) is 6.17. The van der Waals surface area contributed by atoms with Crippen LogP contribution in [0.1, 0.15) is 27.5 Å². The molecule has 1 aliphatic heterocycles. The molecule has 6 heteroatoms. The maximum Gasteiger partial charge on any atom is 0.251 e. The minimum Gasteiger partial charge on any atom is -0.494 e. The molecular formula is C18H20ClFN2O2. The molecule has 1 atom stereocenters. The van der Waals surface area contributed by atoms with E-state index < -0.39 is 5.82 Å². The van der Waals surface area contributed by atoms with Crippen LogP contribution < -0.4 is 15.4 Å². The number of rotatable bonds is 4. The van der Waals surface area contributed by atoms with Crippen molar-refractivity contribution in [2.75, 3.05) is 20.2 Å². The maximum atomic E-state index is 13.4. The number of hydrogen-bond acceptors (Lipinski definition) is 3. The molecule has 0 fully saturated rings. The third kappa shape index (κ3) is 3.86. The molecule has 128 valence electrons. The Morgan fingerprint density at radius 1 is 1.33 bits per heavy atom. The molecule has 0 saturated heterocycles. The van der Waals surface area contributed by atoms with Crippen molar-refractivity contribution in [2.24, 2.45) is 0 Å². The number of nitrogens with one attached hydrogen (secondary N) is 2. The minimum atomic E-state index is -0.480. The highest BCUT2D eigenvalue weighted by molar-refractivity contribution is 5.94. The van der Waals surface area contributed by atoms with E-state index in [0.717, 1.165) is 13.0 Å². The second kappa shape index (κ2) is 8.13. The van der Waals surface area contributed by atoms with Gasteiger partial charge in [-0.3, -0.25) is 4.79 Å². The summed E-state index contributed by atoms with van der Waals surface area (Å²) in [5.41, 5.74) is 2.91. The summed E-state index contributed by atoms with van der Waals surface area (Å²) in [5, 5.41) is 6.32. The molecule has 24 heavy (non-hydrogen) atoms. The van der Waals surface area contributed by atoms with Gasteiger partial charge in [0.15, 0.2) is 11.6 Å². The third-order valence-corrected chi connectivity index (χ3v) is 4.10. The number of fused-ring (bicyclic) bond motifs is 1. The van der Waals surface area contributed by atoms with Crippen molar-refractivity contribution >= 4 is 18.3 Å². The van der Waals surface area contributed by atoms with Crippen LogP contribution in [0.5, 0.6) is 5.75 Å². The number of hydrogen-bond donors (Lipinski definition) is 2. The predicted octanol–water partition coefficient (Wildman–Crippen LogP) is 2.87. The molecule has 0 bridgehead atoms. The van der Waals surface area contributed by atoms with Gasteiger partial charge < -0.3 is 15.4 Å². The van der Waals surface area contributed by atoms with Crippen molar-refractivity contribution in [3.05, 3.63) is 65.0 Å². The molecule has 0 saturated carbocycles. The Labute approximate surface area is 146 Å². The zero-order valence-electron chi connectivity index (χ0n) is 13.3. The van der Waals surface area contributed by atoms with E-state index in [4.69, 9.17) is 4.74 Å². The fourth-order valence-corrected chi connectivity index (χ4v) is 2.87. The molecule has 1 heterocycles.